The Morgan fingerprint density at radius 2 is 1.68 bits per heavy atom. The third kappa shape index (κ3) is 4.21. The smallest absolute Gasteiger partial charge is 0.123 e. The van der Waals surface area contributed by atoms with Gasteiger partial charge in [0.1, 0.15) is 5.01 Å². The summed E-state index contributed by atoms with van der Waals surface area (Å²) < 4.78 is 0. The normalized spacial score (nSPS) is 14.0. The molecule has 1 aliphatic carbocycles. The Hall–Kier alpha value is -1.97. The van der Waals surface area contributed by atoms with E-state index in [9.17, 15) is 0 Å². The molecule has 2 N–H and O–H groups in total. The van der Waals surface area contributed by atoms with Crippen LogP contribution in [0.5, 0.6) is 0 Å². The minimum atomic E-state index is 0.704. The van der Waals surface area contributed by atoms with E-state index in [1.165, 1.54) is 71.2 Å². The first-order chi connectivity index (χ1) is 13.6. The van der Waals surface area contributed by atoms with Crippen LogP contribution in [0, 0.1) is 13.8 Å². The maximum Gasteiger partial charge on any atom is 0.123 e. The Morgan fingerprint density at radius 3 is 2.50 bits per heavy atom. The lowest BCUT2D eigenvalue weighted by Crippen LogP contribution is -2.05. The van der Waals surface area contributed by atoms with Gasteiger partial charge < -0.3 is 5.73 Å². The third-order valence-electron chi connectivity index (χ3n) is 5.98. The van der Waals surface area contributed by atoms with Crippen LogP contribution < -0.4 is 5.73 Å². The molecular weight excluding hydrogens is 360 g/mol. The molecule has 4 rings (SSSR count). The molecular formula is C25H30N2S. The first-order valence-corrected chi connectivity index (χ1v) is 11.4. The van der Waals surface area contributed by atoms with Gasteiger partial charge in [0.15, 0.2) is 0 Å². The zero-order valence-corrected chi connectivity index (χ0v) is 17.9. The van der Waals surface area contributed by atoms with Crippen molar-refractivity contribution in [2.45, 2.75) is 58.8 Å². The summed E-state index contributed by atoms with van der Waals surface area (Å²) in [5.74, 6) is 0. The van der Waals surface area contributed by atoms with Crippen molar-refractivity contribution in [3.8, 4) is 10.6 Å². The summed E-state index contributed by atoms with van der Waals surface area (Å²) in [6.07, 6.45) is 8.30. The molecule has 0 spiro atoms. The van der Waals surface area contributed by atoms with Crippen LogP contribution in [0.4, 0.5) is 0 Å². The fraction of sp³-hybridized carbons (Fsp3) is 0.400. The first kappa shape index (κ1) is 19.4. The predicted molar refractivity (Wildman–Crippen MR) is 120 cm³/mol. The number of benzene rings is 2. The van der Waals surface area contributed by atoms with E-state index in [1.54, 1.807) is 16.9 Å². The third-order valence-corrected chi connectivity index (χ3v) is 6.92. The molecule has 1 aromatic heterocycles. The van der Waals surface area contributed by atoms with Gasteiger partial charge in [-0.05, 0) is 91.9 Å². The molecule has 146 valence electrons. The van der Waals surface area contributed by atoms with E-state index in [4.69, 9.17) is 10.7 Å². The van der Waals surface area contributed by atoms with Gasteiger partial charge in [-0.1, -0.05) is 30.7 Å². The van der Waals surface area contributed by atoms with Gasteiger partial charge in [0.05, 0.1) is 5.69 Å². The van der Waals surface area contributed by atoms with E-state index in [2.05, 4.69) is 49.6 Å². The Morgan fingerprint density at radius 1 is 0.929 bits per heavy atom. The highest BCUT2D eigenvalue weighted by molar-refractivity contribution is 7.13. The number of fused-ring (bicyclic) bond motifs is 1. The van der Waals surface area contributed by atoms with E-state index in [0.717, 1.165) is 17.8 Å². The van der Waals surface area contributed by atoms with Crippen LogP contribution in [0.1, 0.15) is 58.3 Å². The molecule has 2 nitrogen and oxygen atoms in total. The standard InChI is InChI=1S/C25H30N2S/c1-17-13-23(18(2)12-20(17)10-11-26)15-24-16-28-25(27-24)22-9-8-19-6-4-3-5-7-21(19)14-22/h8-9,12-14,16H,3-7,10-11,15,26H2,1-2H3. The van der Waals surface area contributed by atoms with Crippen molar-refractivity contribution >= 4 is 11.3 Å². The minimum Gasteiger partial charge on any atom is -0.330 e. The van der Waals surface area contributed by atoms with Gasteiger partial charge in [-0.3, -0.25) is 0 Å². The van der Waals surface area contributed by atoms with Crippen LogP contribution in [0.25, 0.3) is 10.6 Å². The van der Waals surface area contributed by atoms with Crippen LogP contribution >= 0.6 is 11.3 Å². The molecule has 0 saturated heterocycles. The van der Waals surface area contributed by atoms with Crippen LogP contribution in [0.3, 0.4) is 0 Å². The second kappa shape index (κ2) is 8.59. The number of nitrogens with two attached hydrogens (primary N) is 1. The Balaban J connectivity index is 1.55. The minimum absolute atomic E-state index is 0.704. The second-order valence-corrected chi connectivity index (χ2v) is 8.97. The van der Waals surface area contributed by atoms with Crippen molar-refractivity contribution in [1.82, 2.24) is 4.98 Å². The maximum atomic E-state index is 5.74. The number of hydrogen-bond acceptors (Lipinski definition) is 3. The van der Waals surface area contributed by atoms with Crippen LogP contribution in [0.15, 0.2) is 35.7 Å². The summed E-state index contributed by atoms with van der Waals surface area (Å²) in [6, 6.07) is 11.6. The summed E-state index contributed by atoms with van der Waals surface area (Å²) >= 11 is 1.77. The molecule has 0 radical (unpaired) electrons. The monoisotopic (exact) mass is 390 g/mol. The van der Waals surface area contributed by atoms with Gasteiger partial charge in [-0.25, -0.2) is 4.98 Å². The van der Waals surface area contributed by atoms with Gasteiger partial charge in [0.25, 0.3) is 0 Å². The number of aryl methyl sites for hydroxylation is 4. The fourth-order valence-corrected chi connectivity index (χ4v) is 5.13. The maximum absolute atomic E-state index is 5.74. The van der Waals surface area contributed by atoms with Gasteiger partial charge in [-0.15, -0.1) is 11.3 Å². The van der Waals surface area contributed by atoms with Crippen molar-refractivity contribution in [2.24, 2.45) is 5.73 Å². The van der Waals surface area contributed by atoms with Crippen molar-refractivity contribution in [3.63, 3.8) is 0 Å². The largest absolute Gasteiger partial charge is 0.330 e. The molecule has 1 heterocycles. The molecule has 0 unspecified atom stereocenters. The van der Waals surface area contributed by atoms with Gasteiger partial charge in [0.2, 0.25) is 0 Å². The number of hydrogen-bond donors (Lipinski definition) is 1. The van der Waals surface area contributed by atoms with E-state index < -0.39 is 0 Å². The number of rotatable bonds is 5. The Labute approximate surface area is 172 Å². The second-order valence-electron chi connectivity index (χ2n) is 8.11. The van der Waals surface area contributed by atoms with Gasteiger partial charge >= 0.3 is 0 Å². The van der Waals surface area contributed by atoms with Crippen LogP contribution in [0.2, 0.25) is 0 Å². The summed E-state index contributed by atoms with van der Waals surface area (Å²) in [5.41, 5.74) is 16.7. The van der Waals surface area contributed by atoms with Crippen LogP contribution in [-0.4, -0.2) is 11.5 Å². The molecule has 28 heavy (non-hydrogen) atoms. The topological polar surface area (TPSA) is 38.9 Å². The quantitative estimate of drug-likeness (QED) is 0.560. The summed E-state index contributed by atoms with van der Waals surface area (Å²) in [5, 5.41) is 3.38. The van der Waals surface area contributed by atoms with E-state index in [0.29, 0.717) is 6.54 Å². The molecule has 2 aromatic carbocycles. The summed E-state index contributed by atoms with van der Waals surface area (Å²) in [6.45, 7) is 5.10. The molecule has 3 heteroatoms. The Bertz CT molecular complexity index is 971. The predicted octanol–water partition coefficient (Wildman–Crippen LogP) is 5.79. The van der Waals surface area contributed by atoms with Gasteiger partial charge in [0, 0.05) is 17.4 Å². The molecule has 0 atom stereocenters. The average molecular weight is 391 g/mol. The zero-order chi connectivity index (χ0) is 19.5. The van der Waals surface area contributed by atoms with E-state index in [-0.39, 0.29) is 0 Å². The lowest BCUT2D eigenvalue weighted by atomic mass is 9.96. The zero-order valence-electron chi connectivity index (χ0n) is 17.1. The van der Waals surface area contributed by atoms with Gasteiger partial charge in [-0.2, -0.15) is 0 Å². The van der Waals surface area contributed by atoms with E-state index in [1.807, 2.05) is 0 Å². The Kier molecular flexibility index (Phi) is 5.93. The highest BCUT2D eigenvalue weighted by Gasteiger charge is 2.12. The van der Waals surface area contributed by atoms with Crippen molar-refractivity contribution < 1.29 is 0 Å². The number of nitrogens with zero attached hydrogens (tertiary/aromatic N) is 1. The molecule has 3 aromatic rings. The molecule has 0 aliphatic heterocycles. The first-order valence-electron chi connectivity index (χ1n) is 10.5. The molecule has 0 saturated carbocycles. The van der Waals surface area contributed by atoms with Crippen molar-refractivity contribution in [2.75, 3.05) is 6.54 Å². The average Bonchev–Trinajstić information content (AvgIpc) is 3.02. The van der Waals surface area contributed by atoms with Crippen molar-refractivity contribution in [1.29, 1.82) is 0 Å². The number of aromatic nitrogens is 1. The molecule has 0 bridgehead atoms. The summed E-state index contributed by atoms with van der Waals surface area (Å²) in [4.78, 5) is 4.98. The molecule has 1 aliphatic rings. The van der Waals surface area contributed by atoms with E-state index >= 15 is 0 Å². The summed E-state index contributed by atoms with van der Waals surface area (Å²) in [7, 11) is 0. The SMILES string of the molecule is Cc1cc(Cc2csc(-c3ccc4c(c3)CCCCC4)n2)c(C)cc1CCN. The van der Waals surface area contributed by atoms with Crippen molar-refractivity contribution in [3.05, 3.63) is 74.8 Å². The molecule has 0 amide bonds. The highest BCUT2D eigenvalue weighted by atomic mass is 32.1. The number of thiazole rings is 1. The lowest BCUT2D eigenvalue weighted by molar-refractivity contribution is 0.711. The fourth-order valence-electron chi connectivity index (χ4n) is 4.31. The molecule has 0 fully saturated rings. The van der Waals surface area contributed by atoms with Crippen LogP contribution in [-0.2, 0) is 25.7 Å². The lowest BCUT2D eigenvalue weighted by Gasteiger charge is -2.11. The highest BCUT2D eigenvalue weighted by Crippen LogP contribution is 2.30.